The van der Waals surface area contributed by atoms with E-state index in [-0.39, 0.29) is 5.91 Å². The van der Waals surface area contributed by atoms with Crippen molar-refractivity contribution in [2.24, 2.45) is 0 Å². The van der Waals surface area contributed by atoms with Crippen LogP contribution in [-0.2, 0) is 17.8 Å². The largest absolute Gasteiger partial charge is 0.493 e. The molecule has 9 heteroatoms. The van der Waals surface area contributed by atoms with Crippen LogP contribution in [0.15, 0.2) is 23.6 Å². The van der Waals surface area contributed by atoms with Crippen molar-refractivity contribution in [1.29, 1.82) is 5.26 Å². The number of nitrogens with zero attached hydrogens (tertiary/aromatic N) is 4. The first-order chi connectivity index (χ1) is 15.0. The van der Waals surface area contributed by atoms with Gasteiger partial charge in [-0.3, -0.25) is 9.48 Å². The summed E-state index contributed by atoms with van der Waals surface area (Å²) in [4.78, 5) is 17.0. The Balaban J connectivity index is 1.62. The maximum absolute atomic E-state index is 12.5. The van der Waals surface area contributed by atoms with E-state index < -0.39 is 0 Å². The Kier molecular flexibility index (Phi) is 7.26. The number of aryl methyl sites for hydroxylation is 2. The average Bonchev–Trinajstić information content (AvgIpc) is 3.34. The van der Waals surface area contributed by atoms with Crippen LogP contribution in [0.25, 0.3) is 11.3 Å². The summed E-state index contributed by atoms with van der Waals surface area (Å²) in [5.74, 6) is 1.17. The Morgan fingerprint density at radius 1 is 1.26 bits per heavy atom. The Bertz CT molecular complexity index is 1110. The van der Waals surface area contributed by atoms with Gasteiger partial charge in [-0.1, -0.05) is 0 Å². The Morgan fingerprint density at radius 3 is 2.74 bits per heavy atom. The maximum atomic E-state index is 12.5. The van der Waals surface area contributed by atoms with Crippen LogP contribution in [0.2, 0.25) is 0 Å². The predicted octanol–water partition coefficient (Wildman–Crippen LogP) is 4.13. The summed E-state index contributed by atoms with van der Waals surface area (Å²) in [6.45, 7) is 4.47. The van der Waals surface area contributed by atoms with E-state index in [1.165, 1.54) is 11.3 Å². The zero-order valence-corrected chi connectivity index (χ0v) is 18.9. The third-order valence-corrected chi connectivity index (χ3v) is 5.76. The second kappa shape index (κ2) is 10.1. The van der Waals surface area contributed by atoms with Crippen LogP contribution in [0.3, 0.4) is 0 Å². The molecule has 0 aliphatic carbocycles. The first kappa shape index (κ1) is 22.3. The highest BCUT2D eigenvalue weighted by atomic mass is 32.1. The van der Waals surface area contributed by atoms with Crippen molar-refractivity contribution in [3.05, 3.63) is 40.5 Å². The van der Waals surface area contributed by atoms with Crippen LogP contribution in [0.1, 0.15) is 29.8 Å². The van der Waals surface area contributed by atoms with Gasteiger partial charge in [0, 0.05) is 23.1 Å². The first-order valence-corrected chi connectivity index (χ1v) is 10.7. The van der Waals surface area contributed by atoms with E-state index in [4.69, 9.17) is 14.7 Å². The van der Waals surface area contributed by atoms with Gasteiger partial charge in [0.1, 0.15) is 0 Å². The minimum atomic E-state index is -0.100. The molecular weight excluding hydrogens is 414 g/mol. The fourth-order valence-corrected chi connectivity index (χ4v) is 4.08. The second-order valence-corrected chi connectivity index (χ2v) is 7.79. The van der Waals surface area contributed by atoms with Crippen molar-refractivity contribution in [3.63, 3.8) is 0 Å². The highest BCUT2D eigenvalue weighted by Crippen LogP contribution is 2.33. The van der Waals surface area contributed by atoms with Crippen LogP contribution in [0, 0.1) is 25.2 Å². The minimum absolute atomic E-state index is 0.100. The Morgan fingerprint density at radius 2 is 2.03 bits per heavy atom. The molecule has 0 saturated heterocycles. The monoisotopic (exact) mass is 439 g/mol. The number of benzene rings is 1. The molecule has 1 N–H and O–H groups in total. The Labute approximate surface area is 185 Å². The van der Waals surface area contributed by atoms with Crippen LogP contribution < -0.4 is 14.8 Å². The van der Waals surface area contributed by atoms with E-state index in [0.717, 1.165) is 28.2 Å². The molecule has 0 radical (unpaired) electrons. The minimum Gasteiger partial charge on any atom is -0.493 e. The van der Waals surface area contributed by atoms with E-state index in [1.54, 1.807) is 14.2 Å². The lowest BCUT2D eigenvalue weighted by Crippen LogP contribution is -2.12. The molecule has 0 aliphatic rings. The highest BCUT2D eigenvalue weighted by Gasteiger charge is 2.15. The summed E-state index contributed by atoms with van der Waals surface area (Å²) < 4.78 is 12.4. The normalized spacial score (nSPS) is 10.5. The number of rotatable bonds is 9. The summed E-state index contributed by atoms with van der Waals surface area (Å²) in [5, 5.41) is 18.6. The average molecular weight is 440 g/mol. The third-order valence-electron chi connectivity index (χ3n) is 5.00. The number of nitrogens with one attached hydrogen (secondary N) is 1. The summed E-state index contributed by atoms with van der Waals surface area (Å²) in [7, 11) is 3.18. The Hall–Kier alpha value is -3.38. The number of aromatic nitrogens is 3. The number of nitriles is 1. The fraction of sp³-hybridized carbons (Fsp3) is 0.364. The van der Waals surface area contributed by atoms with Crippen molar-refractivity contribution >= 4 is 22.4 Å². The summed E-state index contributed by atoms with van der Waals surface area (Å²) >= 11 is 1.38. The lowest BCUT2D eigenvalue weighted by molar-refractivity contribution is -0.116. The molecule has 0 spiro atoms. The molecule has 8 nitrogen and oxygen atoms in total. The molecule has 0 saturated carbocycles. The number of hydrogen-bond acceptors (Lipinski definition) is 7. The molecule has 3 aromatic rings. The molecule has 0 unspecified atom stereocenters. The fourth-order valence-electron chi connectivity index (χ4n) is 3.35. The second-order valence-electron chi connectivity index (χ2n) is 6.94. The van der Waals surface area contributed by atoms with Gasteiger partial charge in [-0.15, -0.1) is 11.3 Å². The van der Waals surface area contributed by atoms with Gasteiger partial charge in [0.2, 0.25) is 5.91 Å². The molecule has 0 fully saturated rings. The van der Waals surface area contributed by atoms with Gasteiger partial charge in [-0.2, -0.15) is 10.4 Å². The number of carbonyl (C=O) groups is 1. The molecule has 162 valence electrons. The first-order valence-electron chi connectivity index (χ1n) is 9.84. The number of anilines is 1. The molecule has 2 heterocycles. The van der Waals surface area contributed by atoms with E-state index in [1.807, 2.05) is 42.1 Å². The smallest absolute Gasteiger partial charge is 0.226 e. The third kappa shape index (κ3) is 5.22. The van der Waals surface area contributed by atoms with E-state index >= 15 is 0 Å². The van der Waals surface area contributed by atoms with Crippen LogP contribution in [0.4, 0.5) is 5.13 Å². The van der Waals surface area contributed by atoms with Gasteiger partial charge in [-0.05, 0) is 44.0 Å². The number of amides is 1. The van der Waals surface area contributed by atoms with Gasteiger partial charge in [-0.25, -0.2) is 4.98 Å². The van der Waals surface area contributed by atoms with Crippen molar-refractivity contribution < 1.29 is 14.3 Å². The van der Waals surface area contributed by atoms with Gasteiger partial charge in [0.15, 0.2) is 16.6 Å². The standard InChI is InChI=1S/C22H25N5O3S/c1-14-17(15(2)27(26-14)11-5-10-23)7-9-21(28)25-22-24-18(13-31-22)16-6-8-19(29-3)20(12-16)30-4/h6,8,12-13H,5,7,9,11H2,1-4H3,(H,24,25,28). The van der Waals surface area contributed by atoms with E-state index in [2.05, 4.69) is 21.5 Å². The number of carbonyl (C=O) groups excluding carboxylic acids is 1. The lowest BCUT2D eigenvalue weighted by atomic mass is 10.1. The SMILES string of the molecule is COc1ccc(-c2csc(NC(=O)CCc3c(C)nn(CCC#N)c3C)n2)cc1OC. The number of methoxy groups -OCH3 is 2. The quantitative estimate of drug-likeness (QED) is 0.538. The number of ether oxygens (including phenoxy) is 2. The summed E-state index contributed by atoms with van der Waals surface area (Å²) in [6.07, 6.45) is 1.33. The van der Waals surface area contributed by atoms with Gasteiger partial charge in [0.05, 0.1) is 44.6 Å². The van der Waals surface area contributed by atoms with Crippen molar-refractivity contribution in [3.8, 4) is 28.8 Å². The molecule has 0 bridgehead atoms. The molecule has 3 rings (SSSR count). The zero-order valence-electron chi connectivity index (χ0n) is 18.1. The maximum Gasteiger partial charge on any atom is 0.226 e. The number of hydrogen-bond donors (Lipinski definition) is 1. The van der Waals surface area contributed by atoms with Crippen molar-refractivity contribution in [2.45, 2.75) is 39.7 Å². The van der Waals surface area contributed by atoms with Crippen LogP contribution >= 0.6 is 11.3 Å². The topological polar surface area (TPSA) is 102 Å². The lowest BCUT2D eigenvalue weighted by Gasteiger charge is -2.08. The molecule has 31 heavy (non-hydrogen) atoms. The highest BCUT2D eigenvalue weighted by molar-refractivity contribution is 7.14. The summed E-state index contributed by atoms with van der Waals surface area (Å²) in [6, 6.07) is 7.71. The molecule has 1 amide bonds. The van der Waals surface area contributed by atoms with Crippen molar-refractivity contribution in [1.82, 2.24) is 14.8 Å². The van der Waals surface area contributed by atoms with Gasteiger partial charge >= 0.3 is 0 Å². The summed E-state index contributed by atoms with van der Waals surface area (Å²) in [5.41, 5.74) is 4.59. The molecule has 0 aliphatic heterocycles. The van der Waals surface area contributed by atoms with Crippen molar-refractivity contribution in [2.75, 3.05) is 19.5 Å². The van der Waals surface area contributed by atoms with Crippen LogP contribution in [0.5, 0.6) is 11.5 Å². The zero-order chi connectivity index (χ0) is 22.4. The molecular formula is C22H25N5O3S. The van der Waals surface area contributed by atoms with E-state index in [9.17, 15) is 4.79 Å². The van der Waals surface area contributed by atoms with Gasteiger partial charge in [0.25, 0.3) is 0 Å². The predicted molar refractivity (Wildman–Crippen MR) is 120 cm³/mol. The molecule has 2 aromatic heterocycles. The molecule has 1 aromatic carbocycles. The number of thiazole rings is 1. The van der Waals surface area contributed by atoms with Crippen LogP contribution in [-0.4, -0.2) is 34.9 Å². The van der Waals surface area contributed by atoms with Gasteiger partial charge < -0.3 is 14.8 Å². The molecule has 0 atom stereocenters. The van der Waals surface area contributed by atoms with E-state index in [0.29, 0.717) is 42.4 Å².